The van der Waals surface area contributed by atoms with Gasteiger partial charge in [0.25, 0.3) is 5.91 Å². The maximum absolute atomic E-state index is 12.7. The summed E-state index contributed by atoms with van der Waals surface area (Å²) in [6, 6.07) is 8.63. The molecule has 150 valence electrons. The molecule has 6 heteroatoms. The number of ether oxygens (including phenoxy) is 2. The van der Waals surface area contributed by atoms with E-state index in [1.165, 1.54) is 22.1 Å². The molecule has 1 aromatic heterocycles. The minimum Gasteiger partial charge on any atom is -0.459 e. The summed E-state index contributed by atoms with van der Waals surface area (Å²) in [5.41, 5.74) is 1.22. The second-order valence-electron chi connectivity index (χ2n) is 7.51. The van der Waals surface area contributed by atoms with Crippen molar-refractivity contribution in [3.05, 3.63) is 47.0 Å². The number of hydrogen-bond acceptors (Lipinski definition) is 5. The Labute approximate surface area is 169 Å². The summed E-state index contributed by atoms with van der Waals surface area (Å²) in [5.74, 6) is 0.304. The number of benzene rings is 1. The Hall–Kier alpha value is -1.89. The highest BCUT2D eigenvalue weighted by Gasteiger charge is 2.31. The first-order valence-electron chi connectivity index (χ1n) is 10.1. The molecule has 0 unspecified atom stereocenters. The molecular weight excluding hydrogens is 374 g/mol. The van der Waals surface area contributed by atoms with Crippen LogP contribution < -0.4 is 5.32 Å². The average Bonchev–Trinajstić information content (AvgIpc) is 3.12. The highest BCUT2D eigenvalue weighted by molar-refractivity contribution is 7.17. The SMILES string of the molecule is O=C(NC1CCC1)C1=C[C@H](c2csc3ccccc23)C[C@H](OCCCCO)O1. The van der Waals surface area contributed by atoms with E-state index < -0.39 is 6.29 Å². The van der Waals surface area contributed by atoms with Crippen molar-refractivity contribution in [2.75, 3.05) is 13.2 Å². The van der Waals surface area contributed by atoms with Gasteiger partial charge in [0.2, 0.25) is 6.29 Å². The Morgan fingerprint density at radius 3 is 2.93 bits per heavy atom. The van der Waals surface area contributed by atoms with E-state index in [0.717, 1.165) is 19.3 Å². The van der Waals surface area contributed by atoms with Crippen LogP contribution >= 0.6 is 11.3 Å². The van der Waals surface area contributed by atoms with E-state index in [9.17, 15) is 4.79 Å². The Morgan fingerprint density at radius 2 is 2.14 bits per heavy atom. The number of thiophene rings is 1. The number of aliphatic hydroxyl groups is 1. The van der Waals surface area contributed by atoms with E-state index in [2.05, 4.69) is 28.9 Å². The molecule has 2 aliphatic rings. The number of nitrogens with one attached hydrogen (secondary N) is 1. The zero-order valence-electron chi connectivity index (χ0n) is 15.9. The lowest BCUT2D eigenvalue weighted by Crippen LogP contribution is -2.42. The maximum atomic E-state index is 12.7. The molecule has 0 saturated heterocycles. The third kappa shape index (κ3) is 4.40. The third-order valence-corrected chi connectivity index (χ3v) is 6.47. The number of carbonyl (C=O) groups is 1. The molecule has 1 saturated carbocycles. The molecule has 2 N–H and O–H groups in total. The lowest BCUT2D eigenvalue weighted by Gasteiger charge is -2.31. The fourth-order valence-electron chi connectivity index (χ4n) is 3.66. The predicted octanol–water partition coefficient (Wildman–Crippen LogP) is 4.07. The van der Waals surface area contributed by atoms with Gasteiger partial charge in [0.15, 0.2) is 5.76 Å². The first-order chi connectivity index (χ1) is 13.7. The minimum atomic E-state index is -0.450. The van der Waals surface area contributed by atoms with E-state index in [0.29, 0.717) is 25.2 Å². The molecule has 4 rings (SSSR count). The molecular formula is C22H27NO4S. The van der Waals surface area contributed by atoms with E-state index in [-0.39, 0.29) is 24.5 Å². The van der Waals surface area contributed by atoms with Gasteiger partial charge in [-0.2, -0.15) is 0 Å². The summed E-state index contributed by atoms with van der Waals surface area (Å²) in [7, 11) is 0. The van der Waals surface area contributed by atoms with Crippen molar-refractivity contribution in [2.45, 2.75) is 56.8 Å². The van der Waals surface area contributed by atoms with Crippen LogP contribution in [0.2, 0.25) is 0 Å². The highest BCUT2D eigenvalue weighted by atomic mass is 32.1. The lowest BCUT2D eigenvalue weighted by molar-refractivity contribution is -0.147. The Morgan fingerprint density at radius 1 is 1.29 bits per heavy atom. The summed E-state index contributed by atoms with van der Waals surface area (Å²) in [4.78, 5) is 12.7. The van der Waals surface area contributed by atoms with Gasteiger partial charge in [0.1, 0.15) is 0 Å². The van der Waals surface area contributed by atoms with Gasteiger partial charge in [0, 0.05) is 29.7 Å². The number of carbonyl (C=O) groups excluding carboxylic acids is 1. The molecule has 0 bridgehead atoms. The van der Waals surface area contributed by atoms with Crippen LogP contribution in [0.5, 0.6) is 0 Å². The van der Waals surface area contributed by atoms with Crippen molar-refractivity contribution in [3.63, 3.8) is 0 Å². The monoisotopic (exact) mass is 401 g/mol. The van der Waals surface area contributed by atoms with Crippen LogP contribution in [0.4, 0.5) is 0 Å². The Balaban J connectivity index is 1.53. The lowest BCUT2D eigenvalue weighted by atomic mass is 9.91. The summed E-state index contributed by atoms with van der Waals surface area (Å²) in [6.07, 6.45) is 6.92. The summed E-state index contributed by atoms with van der Waals surface area (Å²) < 4.78 is 13.1. The molecule has 1 fully saturated rings. The topological polar surface area (TPSA) is 67.8 Å². The van der Waals surface area contributed by atoms with Crippen LogP contribution in [-0.4, -0.2) is 36.6 Å². The quantitative estimate of drug-likeness (QED) is 0.654. The van der Waals surface area contributed by atoms with Crippen LogP contribution in [0.3, 0.4) is 0 Å². The number of hydrogen-bond donors (Lipinski definition) is 2. The molecule has 1 amide bonds. The van der Waals surface area contributed by atoms with Crippen LogP contribution in [0.1, 0.15) is 50.0 Å². The van der Waals surface area contributed by atoms with Crippen molar-refractivity contribution >= 4 is 27.3 Å². The van der Waals surface area contributed by atoms with E-state index in [4.69, 9.17) is 14.6 Å². The summed E-state index contributed by atoms with van der Waals surface area (Å²) in [6.45, 7) is 0.674. The molecule has 28 heavy (non-hydrogen) atoms. The maximum Gasteiger partial charge on any atom is 0.286 e. The van der Waals surface area contributed by atoms with Gasteiger partial charge >= 0.3 is 0 Å². The van der Waals surface area contributed by atoms with Gasteiger partial charge in [-0.05, 0) is 60.6 Å². The van der Waals surface area contributed by atoms with Gasteiger partial charge in [-0.3, -0.25) is 4.79 Å². The molecule has 5 nitrogen and oxygen atoms in total. The average molecular weight is 402 g/mol. The first-order valence-corrected chi connectivity index (χ1v) is 11.0. The van der Waals surface area contributed by atoms with Crippen molar-refractivity contribution in [1.82, 2.24) is 5.32 Å². The van der Waals surface area contributed by atoms with Crippen LogP contribution in [0, 0.1) is 0 Å². The number of unbranched alkanes of at least 4 members (excludes halogenated alkanes) is 1. The first kappa shape index (κ1) is 19.4. The Kier molecular flexibility index (Phi) is 6.29. The second-order valence-corrected chi connectivity index (χ2v) is 8.42. The molecule has 0 radical (unpaired) electrons. The van der Waals surface area contributed by atoms with Crippen molar-refractivity contribution in [2.24, 2.45) is 0 Å². The van der Waals surface area contributed by atoms with Crippen LogP contribution in [-0.2, 0) is 14.3 Å². The largest absolute Gasteiger partial charge is 0.459 e. The van der Waals surface area contributed by atoms with Crippen LogP contribution in [0.25, 0.3) is 10.1 Å². The van der Waals surface area contributed by atoms with Gasteiger partial charge in [0.05, 0.1) is 6.61 Å². The van der Waals surface area contributed by atoms with Crippen LogP contribution in [0.15, 0.2) is 41.5 Å². The second kappa shape index (κ2) is 9.07. The fraction of sp³-hybridized carbons (Fsp3) is 0.500. The number of amides is 1. The molecule has 1 aliphatic carbocycles. The van der Waals surface area contributed by atoms with Gasteiger partial charge in [-0.25, -0.2) is 0 Å². The standard InChI is InChI=1S/C22H27NO4S/c24-10-3-4-11-26-21-13-15(18-14-28-20-9-2-1-8-17(18)20)12-19(27-21)22(25)23-16-6-5-7-16/h1-2,8-9,12,14-16,21,24H,3-7,10-11,13H2,(H,23,25)/t15-,21+/m0/s1. The van der Waals surface area contributed by atoms with Crippen molar-refractivity contribution in [3.8, 4) is 0 Å². The Bertz CT molecular complexity index is 842. The zero-order chi connectivity index (χ0) is 19.3. The molecule has 2 aromatic rings. The predicted molar refractivity (Wildman–Crippen MR) is 110 cm³/mol. The van der Waals surface area contributed by atoms with E-state index in [1.54, 1.807) is 11.3 Å². The van der Waals surface area contributed by atoms with Gasteiger partial charge in [-0.15, -0.1) is 11.3 Å². The number of aliphatic hydroxyl groups excluding tert-OH is 1. The normalized spacial score (nSPS) is 22.4. The van der Waals surface area contributed by atoms with Crippen molar-refractivity contribution < 1.29 is 19.4 Å². The zero-order valence-corrected chi connectivity index (χ0v) is 16.7. The number of rotatable bonds is 8. The number of fused-ring (bicyclic) bond motifs is 1. The molecule has 1 aromatic carbocycles. The van der Waals surface area contributed by atoms with Gasteiger partial charge in [-0.1, -0.05) is 18.2 Å². The minimum absolute atomic E-state index is 0.0786. The molecule has 1 aliphatic heterocycles. The summed E-state index contributed by atoms with van der Waals surface area (Å²) >= 11 is 1.73. The van der Waals surface area contributed by atoms with Crippen molar-refractivity contribution in [1.29, 1.82) is 0 Å². The van der Waals surface area contributed by atoms with E-state index in [1.807, 2.05) is 12.1 Å². The highest BCUT2D eigenvalue weighted by Crippen LogP contribution is 2.38. The molecule has 2 heterocycles. The molecule has 2 atom stereocenters. The third-order valence-electron chi connectivity index (χ3n) is 5.49. The van der Waals surface area contributed by atoms with E-state index >= 15 is 0 Å². The van der Waals surface area contributed by atoms with Gasteiger partial charge < -0.3 is 19.9 Å². The number of allylic oxidation sites excluding steroid dienone is 1. The molecule has 0 spiro atoms. The summed E-state index contributed by atoms with van der Waals surface area (Å²) in [5, 5.41) is 15.4. The smallest absolute Gasteiger partial charge is 0.286 e. The fourth-order valence-corrected chi connectivity index (χ4v) is 4.68.